The number of nitrogens with zero attached hydrogens (tertiary/aromatic N) is 2. The lowest BCUT2D eigenvalue weighted by atomic mass is 9.92. The van der Waals surface area contributed by atoms with Crippen molar-refractivity contribution in [3.05, 3.63) is 77.4 Å². The molecule has 0 radical (unpaired) electrons. The van der Waals surface area contributed by atoms with Gasteiger partial charge in [0.25, 0.3) is 0 Å². The van der Waals surface area contributed by atoms with Crippen molar-refractivity contribution in [1.29, 1.82) is 0 Å². The number of hydrogen-bond acceptors (Lipinski definition) is 3. The molecule has 1 saturated heterocycles. The Morgan fingerprint density at radius 2 is 1.73 bits per heavy atom. The van der Waals surface area contributed by atoms with Crippen molar-refractivity contribution in [2.24, 2.45) is 5.92 Å². The summed E-state index contributed by atoms with van der Waals surface area (Å²) in [4.78, 5) is 6.85. The second-order valence-electron chi connectivity index (χ2n) is 7.47. The first kappa shape index (κ1) is 17.0. The Bertz CT molecular complexity index is 751. The van der Waals surface area contributed by atoms with Crippen LogP contribution in [0.5, 0.6) is 0 Å². The van der Waals surface area contributed by atoms with Crippen LogP contribution in [0.4, 0.5) is 0 Å². The predicted molar refractivity (Wildman–Crippen MR) is 106 cm³/mol. The lowest BCUT2D eigenvalue weighted by Crippen LogP contribution is -2.23. The first-order chi connectivity index (χ1) is 12.7. The molecule has 1 aromatic heterocycles. The molecule has 0 aliphatic carbocycles. The largest absolute Gasteiger partial charge is 0.381 e. The summed E-state index contributed by atoms with van der Waals surface area (Å²) in [5.74, 6) is 0.609. The molecule has 1 atom stereocenters. The van der Waals surface area contributed by atoms with Crippen LogP contribution >= 0.6 is 0 Å². The molecule has 134 valence electrons. The monoisotopic (exact) mass is 346 g/mol. The van der Waals surface area contributed by atoms with Gasteiger partial charge in [0.05, 0.1) is 6.61 Å². The number of aromatic nitrogens is 1. The molecule has 1 fully saturated rings. The van der Waals surface area contributed by atoms with Crippen LogP contribution in [0, 0.1) is 19.8 Å². The molecular formula is C23H26N2O. The molecule has 1 aromatic carbocycles. The van der Waals surface area contributed by atoms with E-state index in [0.29, 0.717) is 5.92 Å². The van der Waals surface area contributed by atoms with Gasteiger partial charge in [-0.05, 0) is 48.6 Å². The summed E-state index contributed by atoms with van der Waals surface area (Å²) < 4.78 is 5.57. The molecule has 26 heavy (non-hydrogen) atoms. The van der Waals surface area contributed by atoms with E-state index >= 15 is 0 Å². The fourth-order valence-electron chi connectivity index (χ4n) is 3.64. The SMILES string of the molecule is Cc1ccc(C2=CN(CC3CCOC3)C=C(c3ccc(C)nc3)C2)cc1. The van der Waals surface area contributed by atoms with E-state index in [1.54, 1.807) is 0 Å². The summed E-state index contributed by atoms with van der Waals surface area (Å²) >= 11 is 0. The predicted octanol–water partition coefficient (Wildman–Crippen LogP) is 4.82. The average Bonchev–Trinajstić information content (AvgIpc) is 3.15. The molecule has 0 N–H and O–H groups in total. The maximum absolute atomic E-state index is 5.57. The van der Waals surface area contributed by atoms with E-state index in [-0.39, 0.29) is 0 Å². The van der Waals surface area contributed by atoms with E-state index in [1.807, 2.05) is 13.1 Å². The van der Waals surface area contributed by atoms with Crippen molar-refractivity contribution in [3.8, 4) is 0 Å². The summed E-state index contributed by atoms with van der Waals surface area (Å²) in [7, 11) is 0. The number of aryl methyl sites for hydroxylation is 2. The first-order valence-corrected chi connectivity index (χ1v) is 9.42. The lowest BCUT2D eigenvalue weighted by molar-refractivity contribution is 0.181. The van der Waals surface area contributed by atoms with Crippen LogP contribution in [-0.4, -0.2) is 29.6 Å². The number of pyridine rings is 1. The van der Waals surface area contributed by atoms with Gasteiger partial charge < -0.3 is 9.64 Å². The van der Waals surface area contributed by atoms with Crippen molar-refractivity contribution in [2.45, 2.75) is 26.7 Å². The summed E-state index contributed by atoms with van der Waals surface area (Å²) in [5.41, 5.74) is 7.55. The van der Waals surface area contributed by atoms with Gasteiger partial charge in [-0.3, -0.25) is 4.98 Å². The first-order valence-electron chi connectivity index (χ1n) is 9.42. The zero-order valence-corrected chi connectivity index (χ0v) is 15.6. The molecule has 0 saturated carbocycles. The average molecular weight is 346 g/mol. The van der Waals surface area contributed by atoms with E-state index in [4.69, 9.17) is 4.74 Å². The van der Waals surface area contributed by atoms with Crippen molar-refractivity contribution < 1.29 is 4.74 Å². The van der Waals surface area contributed by atoms with E-state index in [1.165, 1.54) is 27.8 Å². The molecule has 3 heteroatoms. The van der Waals surface area contributed by atoms with Gasteiger partial charge in [-0.2, -0.15) is 0 Å². The van der Waals surface area contributed by atoms with Crippen LogP contribution in [-0.2, 0) is 4.74 Å². The van der Waals surface area contributed by atoms with Gasteiger partial charge in [0.15, 0.2) is 0 Å². The Morgan fingerprint density at radius 1 is 1.00 bits per heavy atom. The Balaban J connectivity index is 1.64. The highest BCUT2D eigenvalue weighted by Crippen LogP contribution is 2.33. The van der Waals surface area contributed by atoms with Gasteiger partial charge in [-0.15, -0.1) is 0 Å². The van der Waals surface area contributed by atoms with Gasteiger partial charge in [-0.1, -0.05) is 35.9 Å². The fourth-order valence-corrected chi connectivity index (χ4v) is 3.64. The van der Waals surface area contributed by atoms with Crippen LogP contribution in [0.2, 0.25) is 0 Å². The van der Waals surface area contributed by atoms with Gasteiger partial charge in [0, 0.05) is 49.8 Å². The van der Waals surface area contributed by atoms with Crippen LogP contribution in [0.1, 0.15) is 35.2 Å². The topological polar surface area (TPSA) is 25.4 Å². The molecule has 3 nitrogen and oxygen atoms in total. The Labute approximate surface area is 156 Å². The maximum Gasteiger partial charge on any atom is 0.0512 e. The summed E-state index contributed by atoms with van der Waals surface area (Å²) in [6.45, 7) is 6.95. The van der Waals surface area contributed by atoms with Gasteiger partial charge in [0.1, 0.15) is 0 Å². The smallest absolute Gasteiger partial charge is 0.0512 e. The van der Waals surface area contributed by atoms with Gasteiger partial charge in [0.2, 0.25) is 0 Å². The van der Waals surface area contributed by atoms with E-state index in [2.05, 4.69) is 65.6 Å². The maximum atomic E-state index is 5.57. The number of ether oxygens (including phenoxy) is 1. The number of benzene rings is 1. The van der Waals surface area contributed by atoms with Crippen molar-refractivity contribution in [3.63, 3.8) is 0 Å². The Kier molecular flexibility index (Phi) is 4.89. The molecule has 1 unspecified atom stereocenters. The normalized spacial score (nSPS) is 20.1. The Morgan fingerprint density at radius 3 is 2.38 bits per heavy atom. The third-order valence-corrected chi connectivity index (χ3v) is 5.22. The zero-order valence-electron chi connectivity index (χ0n) is 15.6. The highest BCUT2D eigenvalue weighted by atomic mass is 16.5. The quantitative estimate of drug-likeness (QED) is 0.793. The second kappa shape index (κ2) is 7.46. The number of rotatable bonds is 4. The van der Waals surface area contributed by atoms with Crippen molar-refractivity contribution >= 4 is 11.1 Å². The van der Waals surface area contributed by atoms with E-state index in [9.17, 15) is 0 Å². The lowest BCUT2D eigenvalue weighted by Gasteiger charge is -2.27. The molecule has 3 heterocycles. The third kappa shape index (κ3) is 3.88. The van der Waals surface area contributed by atoms with E-state index < -0.39 is 0 Å². The molecule has 2 aromatic rings. The second-order valence-corrected chi connectivity index (χ2v) is 7.47. The zero-order chi connectivity index (χ0) is 17.9. The van der Waals surface area contributed by atoms with Crippen molar-refractivity contribution in [1.82, 2.24) is 9.88 Å². The number of allylic oxidation sites excluding steroid dienone is 2. The molecule has 0 amide bonds. The van der Waals surface area contributed by atoms with Crippen LogP contribution in [0.3, 0.4) is 0 Å². The van der Waals surface area contributed by atoms with Crippen molar-refractivity contribution in [2.75, 3.05) is 19.8 Å². The minimum absolute atomic E-state index is 0.609. The van der Waals surface area contributed by atoms with Crippen LogP contribution in [0.25, 0.3) is 11.1 Å². The molecule has 0 bridgehead atoms. The molecule has 0 spiro atoms. The standard InChI is InChI=1S/C23H26N2O/c1-17-3-6-20(7-4-17)22-11-23(21-8-5-18(2)24-12-21)15-25(14-22)13-19-9-10-26-16-19/h3-8,12,14-15,19H,9-11,13,16H2,1-2H3. The molecule has 2 aliphatic heterocycles. The summed E-state index contributed by atoms with van der Waals surface area (Å²) in [6.07, 6.45) is 8.69. The highest BCUT2D eigenvalue weighted by Gasteiger charge is 2.21. The Hall–Kier alpha value is -2.39. The van der Waals surface area contributed by atoms with E-state index in [0.717, 1.165) is 38.3 Å². The van der Waals surface area contributed by atoms with Crippen LogP contribution < -0.4 is 0 Å². The summed E-state index contributed by atoms with van der Waals surface area (Å²) in [6, 6.07) is 13.1. The molecule has 4 rings (SSSR count). The highest BCUT2D eigenvalue weighted by molar-refractivity contribution is 5.81. The number of hydrogen-bond donors (Lipinski definition) is 0. The minimum Gasteiger partial charge on any atom is -0.381 e. The van der Waals surface area contributed by atoms with Gasteiger partial charge >= 0.3 is 0 Å². The van der Waals surface area contributed by atoms with Crippen LogP contribution in [0.15, 0.2) is 55.0 Å². The summed E-state index contributed by atoms with van der Waals surface area (Å²) in [5, 5.41) is 0. The molecular weight excluding hydrogens is 320 g/mol. The van der Waals surface area contributed by atoms with Gasteiger partial charge in [-0.25, -0.2) is 0 Å². The molecule has 2 aliphatic rings. The third-order valence-electron chi connectivity index (χ3n) is 5.22. The minimum atomic E-state index is 0.609. The fraction of sp³-hybridized carbons (Fsp3) is 0.348.